The van der Waals surface area contributed by atoms with Crippen molar-refractivity contribution in [3.63, 3.8) is 0 Å². The van der Waals surface area contributed by atoms with E-state index in [4.69, 9.17) is 15.2 Å². The Morgan fingerprint density at radius 1 is 1.35 bits per heavy atom. The second-order valence-electron chi connectivity index (χ2n) is 4.57. The van der Waals surface area contributed by atoms with E-state index in [-0.39, 0.29) is 12.0 Å². The fourth-order valence-corrected chi connectivity index (χ4v) is 2.45. The molecule has 0 aromatic heterocycles. The average molecular weight is 233 g/mol. The van der Waals surface area contributed by atoms with Crippen LogP contribution in [-0.4, -0.2) is 18.7 Å². The summed E-state index contributed by atoms with van der Waals surface area (Å²) < 4.78 is 10.5. The molecule has 17 heavy (non-hydrogen) atoms. The quantitative estimate of drug-likeness (QED) is 0.783. The molecule has 3 rings (SSSR count). The second-order valence-corrected chi connectivity index (χ2v) is 4.57. The third kappa shape index (κ3) is 1.89. The molecular weight excluding hydrogens is 218 g/mol. The van der Waals surface area contributed by atoms with E-state index < -0.39 is 6.10 Å². The van der Waals surface area contributed by atoms with E-state index in [0.29, 0.717) is 13.0 Å². The fourth-order valence-electron chi connectivity index (χ4n) is 2.45. The summed E-state index contributed by atoms with van der Waals surface area (Å²) in [5.41, 5.74) is 8.40. The lowest BCUT2D eigenvalue weighted by atomic mass is 10.1. The first-order chi connectivity index (χ1) is 8.24. The minimum atomic E-state index is -0.442. The van der Waals surface area contributed by atoms with Crippen molar-refractivity contribution >= 4 is 5.97 Å². The van der Waals surface area contributed by atoms with E-state index in [1.165, 1.54) is 11.1 Å². The predicted molar refractivity (Wildman–Crippen MR) is 61.7 cm³/mol. The van der Waals surface area contributed by atoms with E-state index >= 15 is 0 Å². The topological polar surface area (TPSA) is 61.6 Å². The summed E-state index contributed by atoms with van der Waals surface area (Å²) in [5, 5.41) is 0. The van der Waals surface area contributed by atoms with Gasteiger partial charge in [0.25, 0.3) is 0 Å². The van der Waals surface area contributed by atoms with E-state index in [2.05, 4.69) is 0 Å². The van der Waals surface area contributed by atoms with Gasteiger partial charge in [-0.3, -0.25) is 0 Å². The van der Waals surface area contributed by atoms with Crippen LogP contribution in [0.2, 0.25) is 0 Å². The van der Waals surface area contributed by atoms with Crippen molar-refractivity contribution in [1.29, 1.82) is 0 Å². The Bertz CT molecular complexity index is 458. The molecule has 1 aromatic rings. The van der Waals surface area contributed by atoms with Crippen molar-refractivity contribution in [3.05, 3.63) is 29.3 Å². The summed E-state index contributed by atoms with van der Waals surface area (Å²) in [5.74, 6) is 0.476. The number of esters is 1. The highest BCUT2D eigenvalue weighted by molar-refractivity contribution is 5.76. The van der Waals surface area contributed by atoms with Crippen LogP contribution < -0.4 is 10.5 Å². The van der Waals surface area contributed by atoms with Crippen LogP contribution in [0.25, 0.3) is 0 Å². The zero-order chi connectivity index (χ0) is 11.8. The molecular formula is C13H15NO3. The van der Waals surface area contributed by atoms with Gasteiger partial charge in [0.05, 0.1) is 6.61 Å². The minimum absolute atomic E-state index is 0.149. The summed E-state index contributed by atoms with van der Waals surface area (Å²) >= 11 is 0. The van der Waals surface area contributed by atoms with Crippen molar-refractivity contribution < 1.29 is 14.3 Å². The number of benzene rings is 1. The van der Waals surface area contributed by atoms with Gasteiger partial charge >= 0.3 is 5.97 Å². The molecule has 2 atom stereocenters. The molecule has 0 bridgehead atoms. The van der Waals surface area contributed by atoms with Gasteiger partial charge < -0.3 is 15.2 Å². The molecule has 0 radical (unpaired) electrons. The van der Waals surface area contributed by atoms with Gasteiger partial charge in [-0.05, 0) is 36.1 Å². The fraction of sp³-hybridized carbons (Fsp3) is 0.462. The minimum Gasteiger partial charge on any atom is -0.479 e. The van der Waals surface area contributed by atoms with Crippen LogP contribution in [0.4, 0.5) is 0 Å². The van der Waals surface area contributed by atoms with Crippen LogP contribution in [0.15, 0.2) is 18.2 Å². The van der Waals surface area contributed by atoms with Crippen molar-refractivity contribution in [2.75, 3.05) is 6.61 Å². The molecule has 0 saturated carbocycles. The molecule has 1 heterocycles. The predicted octanol–water partition coefficient (Wildman–Crippen LogP) is 1.33. The number of rotatable bonds is 2. The maximum Gasteiger partial charge on any atom is 0.347 e. The molecule has 2 aliphatic rings. The number of carbonyl (C=O) groups is 1. The molecule has 0 spiro atoms. The van der Waals surface area contributed by atoms with Gasteiger partial charge in [-0.2, -0.15) is 0 Å². The van der Waals surface area contributed by atoms with Gasteiger partial charge in [0.15, 0.2) is 6.10 Å². The number of nitrogens with two attached hydrogens (primary N) is 1. The average Bonchev–Trinajstić information content (AvgIpc) is 2.87. The number of carbonyl (C=O) groups excluding carboxylic acids is 1. The summed E-state index contributed by atoms with van der Waals surface area (Å²) in [7, 11) is 0. The van der Waals surface area contributed by atoms with E-state index in [1.54, 1.807) is 0 Å². The molecule has 1 aromatic carbocycles. The highest BCUT2D eigenvalue weighted by atomic mass is 16.6. The molecule has 1 saturated heterocycles. The first-order valence-corrected chi connectivity index (χ1v) is 5.96. The first-order valence-electron chi connectivity index (χ1n) is 5.96. The molecule has 1 unspecified atom stereocenters. The molecule has 90 valence electrons. The van der Waals surface area contributed by atoms with Crippen molar-refractivity contribution in [3.8, 4) is 5.75 Å². The van der Waals surface area contributed by atoms with Gasteiger partial charge in [-0.25, -0.2) is 4.79 Å². The molecule has 1 aliphatic carbocycles. The van der Waals surface area contributed by atoms with Gasteiger partial charge in [-0.1, -0.05) is 6.07 Å². The zero-order valence-electron chi connectivity index (χ0n) is 9.52. The lowest BCUT2D eigenvalue weighted by molar-refractivity contribution is -0.143. The Kier molecular flexibility index (Phi) is 2.52. The number of cyclic esters (lactones) is 1. The third-order valence-corrected chi connectivity index (χ3v) is 3.40. The lowest BCUT2D eigenvalue weighted by Gasteiger charge is -2.11. The second kappa shape index (κ2) is 4.04. The van der Waals surface area contributed by atoms with Crippen LogP contribution in [-0.2, 0) is 16.0 Å². The number of ether oxygens (including phenoxy) is 2. The standard InChI is InChI=1S/C13H15NO3/c14-11-4-1-8-7-9(2-3-10(8)11)17-12-5-6-16-13(12)15/h2-3,7,11-12H,1,4-6,14H2/t11-,12?/m0/s1. The SMILES string of the molecule is N[C@H]1CCc2cc(OC3CCOC3=O)ccc21. The van der Waals surface area contributed by atoms with Crippen molar-refractivity contribution in [2.45, 2.75) is 31.4 Å². The highest BCUT2D eigenvalue weighted by Gasteiger charge is 2.29. The number of hydrogen-bond acceptors (Lipinski definition) is 4. The molecule has 1 aliphatic heterocycles. The Morgan fingerprint density at radius 2 is 2.24 bits per heavy atom. The Morgan fingerprint density at radius 3 is 3.00 bits per heavy atom. The summed E-state index contributed by atoms with van der Waals surface area (Å²) in [6.07, 6.45) is 2.17. The van der Waals surface area contributed by atoms with E-state index in [1.807, 2.05) is 18.2 Å². The Balaban J connectivity index is 1.78. The molecule has 4 heteroatoms. The van der Waals surface area contributed by atoms with Crippen LogP contribution in [0.1, 0.15) is 30.0 Å². The molecule has 1 fully saturated rings. The maximum absolute atomic E-state index is 11.3. The smallest absolute Gasteiger partial charge is 0.347 e. The summed E-state index contributed by atoms with van der Waals surface area (Å²) in [6.45, 7) is 0.458. The summed E-state index contributed by atoms with van der Waals surface area (Å²) in [4.78, 5) is 11.3. The molecule has 4 nitrogen and oxygen atoms in total. The largest absolute Gasteiger partial charge is 0.479 e. The Labute approximate surface area is 99.7 Å². The van der Waals surface area contributed by atoms with Crippen LogP contribution in [0.3, 0.4) is 0 Å². The van der Waals surface area contributed by atoms with Crippen molar-refractivity contribution in [2.24, 2.45) is 5.73 Å². The molecule has 2 N–H and O–H groups in total. The van der Waals surface area contributed by atoms with Crippen LogP contribution in [0, 0.1) is 0 Å². The lowest BCUT2D eigenvalue weighted by Crippen LogP contribution is -2.21. The Hall–Kier alpha value is -1.55. The van der Waals surface area contributed by atoms with Gasteiger partial charge in [-0.15, -0.1) is 0 Å². The van der Waals surface area contributed by atoms with Crippen molar-refractivity contribution in [1.82, 2.24) is 0 Å². The van der Waals surface area contributed by atoms with Gasteiger partial charge in [0.2, 0.25) is 0 Å². The normalized spacial score (nSPS) is 26.8. The first kappa shape index (κ1) is 10.6. The highest BCUT2D eigenvalue weighted by Crippen LogP contribution is 2.32. The number of hydrogen-bond donors (Lipinski definition) is 1. The van der Waals surface area contributed by atoms with Crippen LogP contribution >= 0.6 is 0 Å². The third-order valence-electron chi connectivity index (χ3n) is 3.40. The maximum atomic E-state index is 11.3. The molecule has 0 amide bonds. The number of aryl methyl sites for hydroxylation is 1. The summed E-state index contributed by atoms with van der Waals surface area (Å²) in [6, 6.07) is 6.03. The van der Waals surface area contributed by atoms with E-state index in [9.17, 15) is 4.79 Å². The monoisotopic (exact) mass is 233 g/mol. The number of fused-ring (bicyclic) bond motifs is 1. The van der Waals surface area contributed by atoms with Crippen LogP contribution in [0.5, 0.6) is 5.75 Å². The van der Waals surface area contributed by atoms with Gasteiger partial charge in [0.1, 0.15) is 5.75 Å². The van der Waals surface area contributed by atoms with E-state index in [0.717, 1.165) is 18.6 Å². The van der Waals surface area contributed by atoms with Gasteiger partial charge in [0, 0.05) is 12.5 Å². The zero-order valence-corrected chi connectivity index (χ0v) is 9.52.